The summed E-state index contributed by atoms with van der Waals surface area (Å²) in [7, 11) is 0. The van der Waals surface area contributed by atoms with Gasteiger partial charge in [0.05, 0.1) is 6.61 Å². The lowest BCUT2D eigenvalue weighted by Crippen LogP contribution is -2.41. The molecule has 0 atom stereocenters. The van der Waals surface area contributed by atoms with Gasteiger partial charge in [0, 0.05) is 6.54 Å². The molecule has 17 heavy (non-hydrogen) atoms. The van der Waals surface area contributed by atoms with Crippen molar-refractivity contribution < 1.29 is 26.7 Å². The summed E-state index contributed by atoms with van der Waals surface area (Å²) in [6.45, 7) is 4.50. The second-order valence-electron chi connectivity index (χ2n) is 3.62. The maximum Gasteiger partial charge on any atom is 0.455 e. The van der Waals surface area contributed by atoms with Crippen LogP contribution >= 0.6 is 0 Å². The highest BCUT2D eigenvalue weighted by Gasteiger charge is 2.57. The van der Waals surface area contributed by atoms with Gasteiger partial charge in [0.25, 0.3) is 0 Å². The fourth-order valence-corrected chi connectivity index (χ4v) is 0.898. The Morgan fingerprint density at radius 3 is 2.29 bits per heavy atom. The molecular weight excluding hydrogens is 245 g/mol. The van der Waals surface area contributed by atoms with Crippen LogP contribution in [0.4, 0.5) is 22.0 Å². The lowest BCUT2D eigenvalue weighted by molar-refractivity contribution is -0.296. The normalized spacial score (nSPS) is 12.8. The van der Waals surface area contributed by atoms with E-state index < -0.39 is 18.7 Å². The van der Waals surface area contributed by atoms with E-state index in [9.17, 15) is 22.0 Å². The number of nitrogens with one attached hydrogen (secondary N) is 1. The minimum Gasteiger partial charge on any atom is -0.370 e. The average Bonchev–Trinajstić information content (AvgIpc) is 2.16. The summed E-state index contributed by atoms with van der Waals surface area (Å²) in [5, 5.41) is 2.92. The molecule has 0 heterocycles. The molecule has 0 aliphatic rings. The van der Waals surface area contributed by atoms with Crippen molar-refractivity contribution in [3.05, 3.63) is 12.2 Å². The van der Waals surface area contributed by atoms with Gasteiger partial charge < -0.3 is 10.1 Å². The monoisotopic (exact) mass is 261 g/mol. The molecule has 0 aromatic heterocycles. The molecule has 0 aliphatic heterocycles. The maximum absolute atomic E-state index is 12.4. The maximum atomic E-state index is 12.4. The van der Waals surface area contributed by atoms with Gasteiger partial charge in [-0.2, -0.15) is 22.0 Å². The third kappa shape index (κ3) is 6.58. The van der Waals surface area contributed by atoms with Crippen LogP contribution < -0.4 is 5.32 Å². The first kappa shape index (κ1) is 16.3. The molecule has 0 fully saturated rings. The Kier molecular flexibility index (Phi) is 6.62. The van der Waals surface area contributed by atoms with Crippen LogP contribution in [0.1, 0.15) is 13.3 Å². The van der Waals surface area contributed by atoms with E-state index in [4.69, 9.17) is 0 Å². The molecule has 0 unspecified atom stereocenters. The highest BCUT2D eigenvalue weighted by molar-refractivity contribution is 4.96. The summed E-state index contributed by atoms with van der Waals surface area (Å²) >= 11 is 0. The fourth-order valence-electron chi connectivity index (χ4n) is 0.898. The molecule has 1 N–H and O–H groups in total. The van der Waals surface area contributed by atoms with E-state index in [-0.39, 0.29) is 6.61 Å². The third-order valence-electron chi connectivity index (χ3n) is 1.81. The zero-order valence-electron chi connectivity index (χ0n) is 9.54. The van der Waals surface area contributed by atoms with Crippen molar-refractivity contribution in [2.75, 3.05) is 26.3 Å². The van der Waals surface area contributed by atoms with Gasteiger partial charge in [-0.1, -0.05) is 13.5 Å². The quantitative estimate of drug-likeness (QED) is 0.412. The molecule has 7 heteroatoms. The van der Waals surface area contributed by atoms with Gasteiger partial charge in [0.1, 0.15) is 6.61 Å². The molecule has 0 radical (unpaired) electrons. The van der Waals surface area contributed by atoms with Crippen LogP contribution in [0.5, 0.6) is 0 Å². The number of halogens is 5. The smallest absolute Gasteiger partial charge is 0.370 e. The molecule has 0 spiro atoms. The van der Waals surface area contributed by atoms with Crippen LogP contribution in [0.3, 0.4) is 0 Å². The van der Waals surface area contributed by atoms with Gasteiger partial charge in [0.2, 0.25) is 0 Å². The van der Waals surface area contributed by atoms with Crippen molar-refractivity contribution >= 4 is 0 Å². The zero-order chi connectivity index (χ0) is 13.5. The molecule has 0 aromatic rings. The summed E-state index contributed by atoms with van der Waals surface area (Å²) in [6, 6.07) is 0. The molecule has 0 aliphatic carbocycles. The second-order valence-corrected chi connectivity index (χ2v) is 3.62. The van der Waals surface area contributed by atoms with Crippen molar-refractivity contribution in [1.82, 2.24) is 5.32 Å². The Morgan fingerprint density at radius 1 is 1.24 bits per heavy atom. The van der Waals surface area contributed by atoms with E-state index in [1.165, 1.54) is 0 Å². The highest BCUT2D eigenvalue weighted by Crippen LogP contribution is 2.35. The van der Waals surface area contributed by atoms with E-state index >= 15 is 0 Å². The number of hydrogen-bond donors (Lipinski definition) is 1. The van der Waals surface area contributed by atoms with Gasteiger partial charge in [-0.15, -0.1) is 0 Å². The Morgan fingerprint density at radius 2 is 1.82 bits per heavy atom. The van der Waals surface area contributed by atoms with Crippen molar-refractivity contribution in [3.63, 3.8) is 0 Å². The standard InChI is InChI=1S/C10H16F5NO/c1-3-4-16-5-8(2)6-17-7-9(11,12)10(13,14)15/h16H,2-7H2,1H3. The molecular formula is C10H16F5NO. The van der Waals surface area contributed by atoms with Crippen LogP contribution in [0.25, 0.3) is 0 Å². The number of alkyl halides is 5. The Bertz CT molecular complexity index is 239. The van der Waals surface area contributed by atoms with Crippen LogP contribution in [-0.4, -0.2) is 38.4 Å². The lowest BCUT2D eigenvalue weighted by atomic mass is 10.3. The van der Waals surface area contributed by atoms with Crippen LogP contribution in [0.15, 0.2) is 12.2 Å². The Balaban J connectivity index is 3.80. The molecule has 0 saturated carbocycles. The second kappa shape index (κ2) is 6.90. The van der Waals surface area contributed by atoms with Crippen LogP contribution in [-0.2, 0) is 4.74 Å². The first-order chi connectivity index (χ1) is 7.70. The van der Waals surface area contributed by atoms with Gasteiger partial charge in [-0.3, -0.25) is 0 Å². The minimum absolute atomic E-state index is 0.317. The summed E-state index contributed by atoms with van der Waals surface area (Å²) in [4.78, 5) is 0. The van der Waals surface area contributed by atoms with Gasteiger partial charge in [-0.25, -0.2) is 0 Å². The third-order valence-corrected chi connectivity index (χ3v) is 1.81. The summed E-state index contributed by atoms with van der Waals surface area (Å²) in [5.74, 6) is -4.82. The van der Waals surface area contributed by atoms with Crippen molar-refractivity contribution in [3.8, 4) is 0 Å². The lowest BCUT2D eigenvalue weighted by Gasteiger charge is -2.19. The molecule has 2 nitrogen and oxygen atoms in total. The fraction of sp³-hybridized carbons (Fsp3) is 0.800. The first-order valence-corrected chi connectivity index (χ1v) is 5.10. The molecule has 0 amide bonds. The number of ether oxygens (including phenoxy) is 1. The summed E-state index contributed by atoms with van der Waals surface area (Å²) < 4.78 is 64.3. The van der Waals surface area contributed by atoms with E-state index in [0.717, 1.165) is 13.0 Å². The van der Waals surface area contributed by atoms with Crippen LogP contribution in [0, 0.1) is 0 Å². The van der Waals surface area contributed by atoms with E-state index in [0.29, 0.717) is 12.1 Å². The molecule has 0 saturated heterocycles. The molecule has 0 bridgehead atoms. The average molecular weight is 261 g/mol. The Hall–Kier alpha value is -0.690. The number of hydrogen-bond acceptors (Lipinski definition) is 2. The Labute approximate surface area is 96.8 Å². The molecule has 0 aromatic carbocycles. The first-order valence-electron chi connectivity index (χ1n) is 5.10. The SMILES string of the molecule is C=C(CNCCC)COCC(F)(F)C(F)(F)F. The van der Waals surface area contributed by atoms with Crippen LogP contribution in [0.2, 0.25) is 0 Å². The van der Waals surface area contributed by atoms with E-state index in [1.807, 2.05) is 6.92 Å². The van der Waals surface area contributed by atoms with Crippen molar-refractivity contribution in [1.29, 1.82) is 0 Å². The van der Waals surface area contributed by atoms with E-state index in [1.54, 1.807) is 0 Å². The zero-order valence-corrected chi connectivity index (χ0v) is 9.54. The highest BCUT2D eigenvalue weighted by atomic mass is 19.4. The van der Waals surface area contributed by atoms with Gasteiger partial charge in [-0.05, 0) is 18.5 Å². The van der Waals surface area contributed by atoms with Crippen molar-refractivity contribution in [2.45, 2.75) is 25.4 Å². The van der Waals surface area contributed by atoms with Gasteiger partial charge >= 0.3 is 12.1 Å². The van der Waals surface area contributed by atoms with E-state index in [2.05, 4.69) is 16.6 Å². The largest absolute Gasteiger partial charge is 0.455 e. The molecule has 102 valence electrons. The molecule has 0 rings (SSSR count). The van der Waals surface area contributed by atoms with Crippen molar-refractivity contribution in [2.24, 2.45) is 0 Å². The predicted octanol–water partition coefficient (Wildman–Crippen LogP) is 2.76. The number of rotatable bonds is 8. The topological polar surface area (TPSA) is 21.3 Å². The minimum atomic E-state index is -5.57. The predicted molar refractivity (Wildman–Crippen MR) is 54.1 cm³/mol. The summed E-state index contributed by atoms with van der Waals surface area (Å²) in [6.07, 6.45) is -4.69. The summed E-state index contributed by atoms with van der Waals surface area (Å²) in [5.41, 5.74) is 0.427. The van der Waals surface area contributed by atoms with Gasteiger partial charge in [0.15, 0.2) is 0 Å².